The van der Waals surface area contributed by atoms with Gasteiger partial charge in [0.2, 0.25) is 0 Å². The average molecular weight is 338 g/mol. The van der Waals surface area contributed by atoms with Crippen molar-refractivity contribution in [2.75, 3.05) is 5.84 Å². The summed E-state index contributed by atoms with van der Waals surface area (Å²) in [6.07, 6.45) is 6.69. The topological polar surface area (TPSA) is 82.9 Å². The van der Waals surface area contributed by atoms with Crippen molar-refractivity contribution in [1.29, 1.82) is 0 Å². The van der Waals surface area contributed by atoms with Gasteiger partial charge in [-0.1, -0.05) is 26.7 Å². The molecule has 0 unspecified atom stereocenters. The lowest BCUT2D eigenvalue weighted by molar-refractivity contribution is 0.183. The smallest absolute Gasteiger partial charge is 0.278 e. The summed E-state index contributed by atoms with van der Waals surface area (Å²) in [6, 6.07) is 5.39. The molecule has 0 aliphatic heterocycles. The molecule has 4 rings (SSSR count). The standard InChI is InChI=1S/C19H22N4O2/c1-11-4-3-5-17(12(11)2)22-8-6-15-13(18(22)24)10-14-16(21-15)7-9-23(20)19(14)25/h6-12,17H,3-5,20H2,1-2H3/t11-,12+,17-/m0/s1. The van der Waals surface area contributed by atoms with Gasteiger partial charge < -0.3 is 10.4 Å². The first-order chi connectivity index (χ1) is 12.0. The number of pyridine rings is 3. The number of rotatable bonds is 1. The van der Waals surface area contributed by atoms with E-state index in [1.54, 1.807) is 12.1 Å². The number of nitrogen functional groups attached to an aromatic ring is 1. The van der Waals surface area contributed by atoms with Crippen LogP contribution in [-0.2, 0) is 0 Å². The van der Waals surface area contributed by atoms with Gasteiger partial charge in [-0.25, -0.2) is 9.66 Å². The van der Waals surface area contributed by atoms with Crippen LogP contribution in [0.5, 0.6) is 0 Å². The normalized spacial score (nSPS) is 24.0. The molecule has 0 bridgehead atoms. The van der Waals surface area contributed by atoms with Gasteiger partial charge in [-0.05, 0) is 36.5 Å². The molecule has 3 heterocycles. The van der Waals surface area contributed by atoms with Crippen LogP contribution in [0.4, 0.5) is 0 Å². The second-order valence-corrected chi connectivity index (χ2v) is 7.24. The summed E-state index contributed by atoms with van der Waals surface area (Å²) in [7, 11) is 0. The van der Waals surface area contributed by atoms with Crippen LogP contribution in [0, 0.1) is 11.8 Å². The highest BCUT2D eigenvalue weighted by atomic mass is 16.1. The van der Waals surface area contributed by atoms with Crippen LogP contribution >= 0.6 is 0 Å². The highest BCUT2D eigenvalue weighted by Crippen LogP contribution is 2.37. The van der Waals surface area contributed by atoms with E-state index >= 15 is 0 Å². The van der Waals surface area contributed by atoms with E-state index < -0.39 is 0 Å². The Morgan fingerprint density at radius 2 is 1.72 bits per heavy atom. The molecule has 0 radical (unpaired) electrons. The Balaban J connectivity index is 1.95. The SMILES string of the molecule is C[C@@H]1[C@@H](C)CCC[C@@H]1n1ccc2nc3ccn(N)c(=O)c3cc2c1=O. The first kappa shape index (κ1) is 15.9. The maximum absolute atomic E-state index is 13.1. The molecular weight excluding hydrogens is 316 g/mol. The number of nitrogens with zero attached hydrogens (tertiary/aromatic N) is 3. The fraction of sp³-hybridized carbons (Fsp3) is 0.421. The van der Waals surface area contributed by atoms with E-state index in [0.717, 1.165) is 17.5 Å². The molecule has 6 nitrogen and oxygen atoms in total. The zero-order chi connectivity index (χ0) is 17.7. The van der Waals surface area contributed by atoms with Crippen LogP contribution in [0.1, 0.15) is 39.2 Å². The van der Waals surface area contributed by atoms with E-state index in [2.05, 4.69) is 18.8 Å². The molecule has 130 valence electrons. The van der Waals surface area contributed by atoms with Gasteiger partial charge in [-0.2, -0.15) is 0 Å². The molecule has 6 heteroatoms. The Kier molecular flexibility index (Phi) is 3.63. The zero-order valence-electron chi connectivity index (χ0n) is 14.5. The number of nitrogens with two attached hydrogens (primary N) is 1. The Morgan fingerprint density at radius 3 is 2.48 bits per heavy atom. The predicted molar refractivity (Wildman–Crippen MR) is 99.1 cm³/mol. The lowest BCUT2D eigenvalue weighted by Gasteiger charge is -2.35. The van der Waals surface area contributed by atoms with E-state index in [0.29, 0.717) is 33.6 Å². The molecule has 0 amide bonds. The Labute approximate surface area is 144 Å². The summed E-state index contributed by atoms with van der Waals surface area (Å²) in [5.74, 6) is 6.68. The van der Waals surface area contributed by atoms with Crippen molar-refractivity contribution in [3.63, 3.8) is 0 Å². The van der Waals surface area contributed by atoms with Gasteiger partial charge in [0.05, 0.1) is 21.8 Å². The molecule has 0 saturated heterocycles. The van der Waals surface area contributed by atoms with E-state index in [9.17, 15) is 9.59 Å². The Bertz CT molecular complexity index is 1080. The third-order valence-corrected chi connectivity index (χ3v) is 5.82. The number of fused-ring (bicyclic) bond motifs is 2. The largest absolute Gasteiger partial charge is 0.336 e. The average Bonchev–Trinajstić information content (AvgIpc) is 2.61. The zero-order valence-corrected chi connectivity index (χ0v) is 14.5. The minimum Gasteiger partial charge on any atom is -0.336 e. The summed E-state index contributed by atoms with van der Waals surface area (Å²) in [5.41, 5.74) is 0.737. The first-order valence-electron chi connectivity index (χ1n) is 8.79. The van der Waals surface area contributed by atoms with Gasteiger partial charge >= 0.3 is 0 Å². The van der Waals surface area contributed by atoms with Gasteiger partial charge in [0.1, 0.15) is 0 Å². The fourth-order valence-electron chi connectivity index (χ4n) is 4.06. The van der Waals surface area contributed by atoms with Crippen LogP contribution in [0.3, 0.4) is 0 Å². The van der Waals surface area contributed by atoms with Crippen LogP contribution in [0.2, 0.25) is 0 Å². The molecule has 25 heavy (non-hydrogen) atoms. The number of hydrogen-bond donors (Lipinski definition) is 1. The summed E-state index contributed by atoms with van der Waals surface area (Å²) in [6.45, 7) is 4.47. The lowest BCUT2D eigenvalue weighted by Crippen LogP contribution is -2.33. The van der Waals surface area contributed by atoms with Gasteiger partial charge in [0.15, 0.2) is 0 Å². The minimum absolute atomic E-state index is 0.0790. The van der Waals surface area contributed by atoms with E-state index in [1.807, 2.05) is 16.8 Å². The van der Waals surface area contributed by atoms with Crippen molar-refractivity contribution in [3.05, 3.63) is 51.3 Å². The second-order valence-electron chi connectivity index (χ2n) is 7.24. The summed E-state index contributed by atoms with van der Waals surface area (Å²) in [4.78, 5) is 29.8. The molecule has 1 aliphatic carbocycles. The maximum atomic E-state index is 13.1. The van der Waals surface area contributed by atoms with Crippen molar-refractivity contribution < 1.29 is 0 Å². The summed E-state index contributed by atoms with van der Waals surface area (Å²) < 4.78 is 2.85. The van der Waals surface area contributed by atoms with E-state index in [-0.39, 0.29) is 17.2 Å². The number of aromatic nitrogens is 3. The molecule has 0 spiro atoms. The molecule has 3 atom stereocenters. The van der Waals surface area contributed by atoms with Crippen LogP contribution < -0.4 is 17.0 Å². The van der Waals surface area contributed by atoms with Gasteiger partial charge in [0.25, 0.3) is 11.1 Å². The minimum atomic E-state index is -0.346. The van der Waals surface area contributed by atoms with Gasteiger partial charge in [-0.3, -0.25) is 9.59 Å². The summed E-state index contributed by atoms with van der Waals surface area (Å²) >= 11 is 0. The molecule has 0 aromatic carbocycles. The first-order valence-corrected chi connectivity index (χ1v) is 8.79. The second kappa shape index (κ2) is 5.72. The Hall–Kier alpha value is -2.63. The van der Waals surface area contributed by atoms with Crippen molar-refractivity contribution in [2.24, 2.45) is 11.8 Å². The molecule has 3 aromatic heterocycles. The van der Waals surface area contributed by atoms with Crippen molar-refractivity contribution in [3.8, 4) is 0 Å². The van der Waals surface area contributed by atoms with Crippen molar-refractivity contribution in [2.45, 2.75) is 39.2 Å². The lowest BCUT2D eigenvalue weighted by atomic mass is 9.78. The molecular formula is C19H22N4O2. The van der Waals surface area contributed by atoms with Crippen LogP contribution in [-0.4, -0.2) is 14.2 Å². The quantitative estimate of drug-likeness (QED) is 0.546. The maximum Gasteiger partial charge on any atom is 0.278 e. The highest BCUT2D eigenvalue weighted by molar-refractivity contribution is 5.91. The third kappa shape index (κ3) is 2.44. The fourth-order valence-corrected chi connectivity index (χ4v) is 4.06. The van der Waals surface area contributed by atoms with Crippen molar-refractivity contribution in [1.82, 2.24) is 14.2 Å². The van der Waals surface area contributed by atoms with E-state index in [4.69, 9.17) is 5.84 Å². The van der Waals surface area contributed by atoms with Crippen LogP contribution in [0.25, 0.3) is 21.8 Å². The molecule has 1 aliphatic rings. The van der Waals surface area contributed by atoms with Crippen molar-refractivity contribution >= 4 is 21.8 Å². The van der Waals surface area contributed by atoms with E-state index in [1.165, 1.54) is 12.6 Å². The summed E-state index contributed by atoms with van der Waals surface area (Å²) in [5, 5.41) is 0.848. The van der Waals surface area contributed by atoms with Gasteiger partial charge in [-0.15, -0.1) is 0 Å². The number of hydrogen-bond acceptors (Lipinski definition) is 4. The molecule has 1 fully saturated rings. The van der Waals surface area contributed by atoms with Gasteiger partial charge in [0, 0.05) is 18.4 Å². The predicted octanol–water partition coefficient (Wildman–Crippen LogP) is 2.42. The Morgan fingerprint density at radius 1 is 1.04 bits per heavy atom. The molecule has 2 N–H and O–H groups in total. The molecule has 1 saturated carbocycles. The molecule has 3 aromatic rings. The van der Waals surface area contributed by atoms with Crippen LogP contribution in [0.15, 0.2) is 40.2 Å². The monoisotopic (exact) mass is 338 g/mol. The highest BCUT2D eigenvalue weighted by Gasteiger charge is 2.29. The third-order valence-electron chi connectivity index (χ3n) is 5.82.